The number of fused-ring (bicyclic) bond motifs is 1. The largest absolute Gasteiger partial charge is 0.460 e. The van der Waals surface area contributed by atoms with Crippen LogP contribution in [0.15, 0.2) is 36.9 Å². The maximum atomic E-state index is 14.0. The van der Waals surface area contributed by atoms with Crippen LogP contribution in [-0.2, 0) is 46.4 Å². The Kier molecular flexibility index (Phi) is 11.4. The lowest BCUT2D eigenvalue weighted by atomic mass is 9.93. The van der Waals surface area contributed by atoms with Gasteiger partial charge in [0.2, 0.25) is 17.6 Å². The van der Waals surface area contributed by atoms with Gasteiger partial charge in [-0.2, -0.15) is 0 Å². The van der Waals surface area contributed by atoms with E-state index in [4.69, 9.17) is 9.47 Å². The van der Waals surface area contributed by atoms with Gasteiger partial charge in [0, 0.05) is 13.0 Å². The molecule has 0 aromatic heterocycles. The van der Waals surface area contributed by atoms with Crippen molar-refractivity contribution in [2.75, 3.05) is 19.7 Å². The number of amides is 4. The highest BCUT2D eigenvalue weighted by atomic mass is 16.6. The normalized spacial score (nSPS) is 18.6. The summed E-state index contributed by atoms with van der Waals surface area (Å²) in [7, 11) is 0. The lowest BCUT2D eigenvalue weighted by Gasteiger charge is -2.39. The van der Waals surface area contributed by atoms with Gasteiger partial charge in [0.1, 0.15) is 30.8 Å². The van der Waals surface area contributed by atoms with Gasteiger partial charge in [-0.15, -0.1) is 0 Å². The van der Waals surface area contributed by atoms with E-state index in [1.807, 2.05) is 24.3 Å². The summed E-state index contributed by atoms with van der Waals surface area (Å²) < 4.78 is 10.4. The first kappa shape index (κ1) is 33.3. The van der Waals surface area contributed by atoms with Gasteiger partial charge in [0.25, 0.3) is 5.91 Å². The zero-order valence-electron chi connectivity index (χ0n) is 25.4. The van der Waals surface area contributed by atoms with Gasteiger partial charge in [-0.25, -0.2) is 4.79 Å². The topological polar surface area (TPSA) is 151 Å². The number of esters is 1. The van der Waals surface area contributed by atoms with E-state index in [1.165, 1.54) is 15.9 Å². The molecule has 1 aromatic rings. The van der Waals surface area contributed by atoms with Crippen molar-refractivity contribution < 1.29 is 38.2 Å². The number of likely N-dealkylation sites (tertiary alicyclic amines) is 1. The molecule has 12 heteroatoms. The molecule has 3 rings (SSSR count). The second-order valence-electron chi connectivity index (χ2n) is 11.7. The van der Waals surface area contributed by atoms with Crippen molar-refractivity contribution in [1.82, 2.24) is 20.4 Å². The minimum Gasteiger partial charge on any atom is -0.460 e. The number of carbonyl (C=O) groups excluding carboxylic acids is 6. The first-order valence-corrected chi connectivity index (χ1v) is 14.6. The lowest BCUT2D eigenvalue weighted by Crippen LogP contribution is -2.58. The van der Waals surface area contributed by atoms with E-state index in [0.29, 0.717) is 25.8 Å². The summed E-state index contributed by atoms with van der Waals surface area (Å²) in [4.78, 5) is 80.6. The standard InChI is InChI=1S/C31H42N4O8/c1-6-11-22(26(37)28(39)32-18-25(36)42-16-7-2)33-27(38)23-14-10-15-34(23)29(40)24-17-20-12-8-9-13-21(20)19-35(24)30(41)43-31(3,4)5/h7-9,12-13,22-24H,2,6,10-11,14-19H2,1,3-5H3,(H,32,39)(H,33,38)/t22?,23-,24-/m0/s1. The van der Waals surface area contributed by atoms with Crippen LogP contribution in [0.1, 0.15) is 64.5 Å². The number of benzene rings is 1. The number of ketones is 1. The monoisotopic (exact) mass is 598 g/mol. The first-order valence-electron chi connectivity index (χ1n) is 14.6. The predicted octanol–water partition coefficient (Wildman–Crippen LogP) is 2.04. The van der Waals surface area contributed by atoms with Crippen LogP contribution >= 0.6 is 0 Å². The quantitative estimate of drug-likeness (QED) is 0.223. The molecular weight excluding hydrogens is 556 g/mol. The molecule has 4 amide bonds. The van der Waals surface area contributed by atoms with Gasteiger partial charge in [-0.1, -0.05) is 50.3 Å². The van der Waals surface area contributed by atoms with Crippen molar-refractivity contribution in [3.8, 4) is 0 Å². The highest BCUT2D eigenvalue weighted by molar-refractivity contribution is 6.38. The summed E-state index contributed by atoms with van der Waals surface area (Å²) in [6.45, 7) is 10.4. The highest BCUT2D eigenvalue weighted by Gasteiger charge is 2.44. The number of nitrogens with zero attached hydrogens (tertiary/aromatic N) is 2. The van der Waals surface area contributed by atoms with Crippen LogP contribution in [0.5, 0.6) is 0 Å². The molecule has 1 fully saturated rings. The Morgan fingerprint density at radius 3 is 2.42 bits per heavy atom. The summed E-state index contributed by atoms with van der Waals surface area (Å²) in [6, 6.07) is 4.68. The third-order valence-electron chi connectivity index (χ3n) is 7.19. The zero-order chi connectivity index (χ0) is 31.7. The Balaban J connectivity index is 1.74. The molecule has 0 bridgehead atoms. The summed E-state index contributed by atoms with van der Waals surface area (Å²) in [5.74, 6) is -3.60. The van der Waals surface area contributed by atoms with Gasteiger partial charge in [0.15, 0.2) is 0 Å². The van der Waals surface area contributed by atoms with Crippen LogP contribution in [0.4, 0.5) is 4.79 Å². The Morgan fingerprint density at radius 1 is 1.07 bits per heavy atom. The van der Waals surface area contributed by atoms with Gasteiger partial charge in [0.05, 0.1) is 12.6 Å². The Morgan fingerprint density at radius 2 is 1.77 bits per heavy atom. The molecule has 0 spiro atoms. The Labute approximate surface area is 252 Å². The van der Waals surface area contributed by atoms with Crippen LogP contribution in [-0.4, -0.2) is 88.8 Å². The molecule has 2 heterocycles. The first-order chi connectivity index (χ1) is 20.4. The average Bonchev–Trinajstić information content (AvgIpc) is 3.46. The van der Waals surface area contributed by atoms with Crippen LogP contribution in [0, 0.1) is 0 Å². The Bertz CT molecular complexity index is 1240. The van der Waals surface area contributed by atoms with E-state index in [9.17, 15) is 28.8 Å². The van der Waals surface area contributed by atoms with E-state index in [2.05, 4.69) is 17.2 Å². The maximum Gasteiger partial charge on any atom is 0.411 e. The van der Waals surface area contributed by atoms with E-state index in [1.54, 1.807) is 27.7 Å². The fourth-order valence-electron chi connectivity index (χ4n) is 5.18. The third-order valence-corrected chi connectivity index (χ3v) is 7.19. The fourth-order valence-corrected chi connectivity index (χ4v) is 5.18. The number of Topliss-reactive ketones (excluding diaryl/α,β-unsaturated/α-hetero) is 1. The van der Waals surface area contributed by atoms with Crippen LogP contribution < -0.4 is 10.6 Å². The van der Waals surface area contributed by atoms with Gasteiger partial charge < -0.3 is 25.0 Å². The second kappa shape index (κ2) is 14.8. The summed E-state index contributed by atoms with van der Waals surface area (Å²) >= 11 is 0. The van der Waals surface area contributed by atoms with Crippen molar-refractivity contribution in [3.63, 3.8) is 0 Å². The van der Waals surface area contributed by atoms with Crippen LogP contribution in [0.25, 0.3) is 0 Å². The molecule has 2 aliphatic heterocycles. The minimum atomic E-state index is -1.14. The van der Waals surface area contributed by atoms with Gasteiger partial charge in [-0.3, -0.25) is 28.9 Å². The van der Waals surface area contributed by atoms with Gasteiger partial charge >= 0.3 is 12.1 Å². The molecule has 0 saturated carbocycles. The molecular formula is C31H42N4O8. The molecule has 2 N–H and O–H groups in total. The van der Waals surface area contributed by atoms with Crippen molar-refractivity contribution in [1.29, 1.82) is 0 Å². The molecule has 1 unspecified atom stereocenters. The fraction of sp³-hybridized carbons (Fsp3) is 0.548. The second-order valence-corrected chi connectivity index (χ2v) is 11.7. The van der Waals surface area contributed by atoms with E-state index in [0.717, 1.165) is 11.1 Å². The lowest BCUT2D eigenvalue weighted by molar-refractivity contribution is -0.146. The highest BCUT2D eigenvalue weighted by Crippen LogP contribution is 2.29. The molecule has 1 aromatic carbocycles. The number of ether oxygens (including phenoxy) is 2. The van der Waals surface area contributed by atoms with Crippen molar-refractivity contribution in [2.24, 2.45) is 0 Å². The van der Waals surface area contributed by atoms with Crippen LogP contribution in [0.3, 0.4) is 0 Å². The molecule has 0 radical (unpaired) electrons. The van der Waals surface area contributed by atoms with E-state index >= 15 is 0 Å². The van der Waals surface area contributed by atoms with Crippen molar-refractivity contribution in [2.45, 2.75) is 90.1 Å². The molecule has 1 saturated heterocycles. The predicted molar refractivity (Wildman–Crippen MR) is 156 cm³/mol. The molecule has 43 heavy (non-hydrogen) atoms. The van der Waals surface area contributed by atoms with Gasteiger partial charge in [-0.05, 0) is 51.2 Å². The number of rotatable bonds is 11. The molecule has 2 aliphatic rings. The molecule has 3 atom stereocenters. The molecule has 0 aliphatic carbocycles. The average molecular weight is 599 g/mol. The van der Waals surface area contributed by atoms with Crippen LogP contribution in [0.2, 0.25) is 0 Å². The minimum absolute atomic E-state index is 0.0311. The zero-order valence-corrected chi connectivity index (χ0v) is 25.4. The molecule has 12 nitrogen and oxygen atoms in total. The summed E-state index contributed by atoms with van der Waals surface area (Å²) in [5.41, 5.74) is 1.09. The number of nitrogens with one attached hydrogen (secondary N) is 2. The number of carbonyl (C=O) groups is 6. The maximum absolute atomic E-state index is 14.0. The number of hydrogen-bond donors (Lipinski definition) is 2. The Hall–Kier alpha value is -4.22. The summed E-state index contributed by atoms with van der Waals surface area (Å²) in [5, 5.41) is 4.87. The third kappa shape index (κ3) is 8.89. The smallest absolute Gasteiger partial charge is 0.411 e. The van der Waals surface area contributed by atoms with E-state index < -0.39 is 59.9 Å². The van der Waals surface area contributed by atoms with E-state index in [-0.39, 0.29) is 31.9 Å². The van der Waals surface area contributed by atoms with Crippen molar-refractivity contribution in [3.05, 3.63) is 48.0 Å². The molecule has 234 valence electrons. The summed E-state index contributed by atoms with van der Waals surface area (Å²) in [6.07, 6.45) is 2.62. The SMILES string of the molecule is C=CCOC(=O)CNC(=O)C(=O)C(CCC)NC(=O)[C@@H]1CCCN1C(=O)[C@@H]1Cc2ccccc2CN1C(=O)OC(C)(C)C. The number of hydrogen-bond acceptors (Lipinski definition) is 8. The van der Waals surface area contributed by atoms with Crippen molar-refractivity contribution >= 4 is 35.6 Å².